The Hall–Kier alpha value is -1.56. The van der Waals surface area contributed by atoms with Crippen LogP contribution in [0.3, 0.4) is 0 Å². The summed E-state index contributed by atoms with van der Waals surface area (Å²) < 4.78 is 0. The second-order valence-electron chi connectivity index (χ2n) is 4.44. The van der Waals surface area contributed by atoms with Gasteiger partial charge in [0.05, 0.1) is 6.54 Å². The zero-order valence-corrected chi connectivity index (χ0v) is 14.1. The van der Waals surface area contributed by atoms with Crippen molar-refractivity contribution < 1.29 is 34.5 Å². The molecular weight excluding hydrogens is 277 g/mol. The molecule has 2 aromatic carbocycles. The maximum atomic E-state index is 11.5. The molecule has 0 amide bonds. The summed E-state index contributed by atoms with van der Waals surface area (Å²) in [6.07, 6.45) is 0.682. The molecule has 2 aromatic rings. The minimum Gasteiger partial charge on any atom is -0.737 e. The molecule has 0 fully saturated rings. The molecule has 5 nitrogen and oxygen atoms in total. The van der Waals surface area contributed by atoms with Gasteiger partial charge in [-0.1, -0.05) is 60.7 Å². The van der Waals surface area contributed by atoms with Gasteiger partial charge in [0.1, 0.15) is 6.54 Å². The van der Waals surface area contributed by atoms with Crippen molar-refractivity contribution in [2.75, 3.05) is 6.54 Å². The Morgan fingerprint density at radius 2 is 1.43 bits per heavy atom. The van der Waals surface area contributed by atoms with Gasteiger partial charge in [-0.2, -0.15) is 0 Å². The first kappa shape index (κ1) is 17.5. The van der Waals surface area contributed by atoms with Crippen molar-refractivity contribution in [1.29, 1.82) is 0 Å². The molecule has 0 aromatic heterocycles. The van der Waals surface area contributed by atoms with E-state index in [0.717, 1.165) is 11.1 Å². The van der Waals surface area contributed by atoms with Crippen LogP contribution in [-0.4, -0.2) is 16.5 Å². The maximum Gasteiger partial charge on any atom is 1.00 e. The van der Waals surface area contributed by atoms with Gasteiger partial charge in [0.2, 0.25) is 0 Å². The van der Waals surface area contributed by atoms with Crippen LogP contribution < -0.4 is 29.6 Å². The van der Waals surface area contributed by atoms with E-state index in [4.69, 9.17) is 0 Å². The molecule has 0 aliphatic heterocycles. The number of benzene rings is 2. The van der Waals surface area contributed by atoms with Crippen molar-refractivity contribution in [3.63, 3.8) is 0 Å². The largest absolute Gasteiger partial charge is 1.00 e. The van der Waals surface area contributed by atoms with Gasteiger partial charge in [-0.05, 0) is 22.8 Å². The van der Waals surface area contributed by atoms with Gasteiger partial charge in [0.25, 0.3) is 0 Å². The molecule has 104 valence electrons. The monoisotopic (exact) mass is 293 g/mol. The zero-order chi connectivity index (χ0) is 14.2. The van der Waals surface area contributed by atoms with Crippen LogP contribution in [0, 0.1) is 10.4 Å². The first-order valence-electron chi connectivity index (χ1n) is 6.43. The molecule has 0 heterocycles. The predicted octanol–water partition coefficient (Wildman–Crippen LogP) is 0.111. The fourth-order valence-corrected chi connectivity index (χ4v) is 1.97. The van der Waals surface area contributed by atoms with Crippen LogP contribution in [0.15, 0.2) is 65.9 Å². The summed E-state index contributed by atoms with van der Waals surface area (Å²) in [7, 11) is 0. The van der Waals surface area contributed by atoms with Crippen molar-refractivity contribution in [3.05, 3.63) is 82.2 Å². The van der Waals surface area contributed by atoms with Gasteiger partial charge >= 0.3 is 29.6 Å². The van der Waals surface area contributed by atoms with Crippen molar-refractivity contribution in [3.8, 4) is 0 Å². The number of nitrogens with zero attached hydrogens (tertiary/aromatic N) is 3. The predicted molar refractivity (Wildman–Crippen MR) is 76.4 cm³/mol. The van der Waals surface area contributed by atoms with Crippen molar-refractivity contribution in [2.45, 2.75) is 13.0 Å². The van der Waals surface area contributed by atoms with Crippen LogP contribution in [0.4, 0.5) is 0 Å². The van der Waals surface area contributed by atoms with E-state index in [0.29, 0.717) is 19.5 Å². The molecule has 0 saturated heterocycles. The fourth-order valence-electron chi connectivity index (χ4n) is 1.97. The van der Waals surface area contributed by atoms with Crippen LogP contribution in [0.2, 0.25) is 0 Å². The Labute approximate surface area is 146 Å². The third-order valence-corrected chi connectivity index (χ3v) is 3.02. The minimum absolute atomic E-state index is 0. The SMILES string of the molecule is [Na+].[O-]/N=[N+](\[O-])N(CCc1ccccc1)Cc1ccccc1. The van der Waals surface area contributed by atoms with E-state index in [-0.39, 0.29) is 34.5 Å². The normalized spacial score (nSPS) is 10.8. The average Bonchev–Trinajstić information content (AvgIpc) is 2.52. The molecule has 0 N–H and O–H groups in total. The van der Waals surface area contributed by atoms with Crippen molar-refractivity contribution in [1.82, 2.24) is 5.01 Å². The quantitative estimate of drug-likeness (QED) is 0.329. The summed E-state index contributed by atoms with van der Waals surface area (Å²) in [5.74, 6) is 0. The summed E-state index contributed by atoms with van der Waals surface area (Å²) in [5.41, 5.74) is 2.08. The number of hydrazine groups is 1. The van der Waals surface area contributed by atoms with Crippen LogP contribution in [0.5, 0.6) is 0 Å². The summed E-state index contributed by atoms with van der Waals surface area (Å²) in [6, 6.07) is 19.3. The second-order valence-corrected chi connectivity index (χ2v) is 4.44. The summed E-state index contributed by atoms with van der Waals surface area (Å²) in [5, 5.41) is 25.8. The van der Waals surface area contributed by atoms with Gasteiger partial charge in [-0.25, -0.2) is 0 Å². The Bertz CT molecular complexity index is 549. The van der Waals surface area contributed by atoms with E-state index in [9.17, 15) is 10.4 Å². The summed E-state index contributed by atoms with van der Waals surface area (Å²) in [6.45, 7) is 0.803. The van der Waals surface area contributed by atoms with E-state index >= 15 is 0 Å². The molecule has 0 atom stereocenters. The van der Waals surface area contributed by atoms with Gasteiger partial charge in [-0.15, -0.1) is 5.01 Å². The molecule has 2 rings (SSSR count). The fraction of sp³-hybridized carbons (Fsp3) is 0.200. The van der Waals surface area contributed by atoms with E-state index in [1.165, 1.54) is 5.01 Å². The Kier molecular flexibility index (Phi) is 7.82. The maximum absolute atomic E-state index is 11.5. The van der Waals surface area contributed by atoms with E-state index in [1.54, 1.807) is 0 Å². The van der Waals surface area contributed by atoms with Crippen LogP contribution in [0.1, 0.15) is 11.1 Å². The van der Waals surface area contributed by atoms with Crippen LogP contribution in [0.25, 0.3) is 0 Å². The number of hydrogen-bond acceptors (Lipinski definition) is 3. The molecule has 0 aliphatic carbocycles. The molecule has 21 heavy (non-hydrogen) atoms. The van der Waals surface area contributed by atoms with E-state index in [1.807, 2.05) is 60.7 Å². The number of rotatable bonds is 6. The number of hydrogen-bond donors (Lipinski definition) is 0. The van der Waals surface area contributed by atoms with Gasteiger partial charge < -0.3 is 10.4 Å². The first-order valence-corrected chi connectivity index (χ1v) is 6.43. The standard InChI is InChI=1S/C15H17N3O2.Na/c19-16-18(20)17(13-15-9-5-2-6-10-15)12-11-14-7-3-1-4-8-14;/h1-10,19H,11-13H2;/q;+1/p-1/b18-16-;. The molecule has 6 heteroatoms. The van der Waals surface area contributed by atoms with Crippen molar-refractivity contribution >= 4 is 0 Å². The van der Waals surface area contributed by atoms with Gasteiger partial charge in [0.15, 0.2) is 0 Å². The third kappa shape index (κ3) is 5.75. The molecule has 0 aliphatic rings. The Morgan fingerprint density at radius 3 is 1.95 bits per heavy atom. The average molecular weight is 293 g/mol. The van der Waals surface area contributed by atoms with Crippen molar-refractivity contribution in [2.24, 2.45) is 5.28 Å². The third-order valence-electron chi connectivity index (χ3n) is 3.02. The molecule has 0 saturated carbocycles. The summed E-state index contributed by atoms with van der Waals surface area (Å²) >= 11 is 0. The molecule has 0 spiro atoms. The van der Waals surface area contributed by atoms with Gasteiger partial charge in [0, 0.05) is 4.97 Å². The smallest absolute Gasteiger partial charge is 0.737 e. The molecule has 0 bridgehead atoms. The minimum atomic E-state index is 0. The van der Waals surface area contributed by atoms with Crippen LogP contribution in [-0.2, 0) is 13.0 Å². The summed E-state index contributed by atoms with van der Waals surface area (Å²) in [4.78, 5) is 0.121. The topological polar surface area (TPSA) is 64.7 Å². The molecular formula is C15H16N3NaO2. The van der Waals surface area contributed by atoms with Crippen LogP contribution >= 0.6 is 0 Å². The first-order chi connectivity index (χ1) is 9.79. The zero-order valence-electron chi connectivity index (χ0n) is 12.1. The molecule has 0 unspecified atom stereocenters. The molecule has 0 radical (unpaired) electrons. The van der Waals surface area contributed by atoms with E-state index in [2.05, 4.69) is 5.28 Å². The Morgan fingerprint density at radius 1 is 0.905 bits per heavy atom. The Balaban J connectivity index is 0.00000220. The second kappa shape index (κ2) is 9.39. The van der Waals surface area contributed by atoms with E-state index < -0.39 is 0 Å². The van der Waals surface area contributed by atoms with Gasteiger partial charge in [-0.3, -0.25) is 0 Å².